The molecule has 1 heterocycles. The maximum atomic E-state index is 12.1. The Morgan fingerprint density at radius 3 is 2.63 bits per heavy atom. The van der Waals surface area contributed by atoms with Crippen LogP contribution in [-0.4, -0.2) is 34.8 Å². The normalized spacial score (nSPS) is 10.2. The number of nitrogen functional groups attached to an aromatic ring is 1. The van der Waals surface area contributed by atoms with Gasteiger partial charge < -0.3 is 16.4 Å². The minimum atomic E-state index is -0.505. The molecule has 6 heteroatoms. The second-order valence-electron chi connectivity index (χ2n) is 4.39. The van der Waals surface area contributed by atoms with Gasteiger partial charge in [0, 0.05) is 12.2 Å². The molecule has 0 saturated heterocycles. The van der Waals surface area contributed by atoms with Crippen LogP contribution in [0.1, 0.15) is 25.5 Å². The molecule has 1 aromatic rings. The fourth-order valence-electron chi connectivity index (χ4n) is 1.64. The zero-order valence-corrected chi connectivity index (χ0v) is 11.1. The van der Waals surface area contributed by atoms with Crippen molar-refractivity contribution in [1.82, 2.24) is 9.88 Å². The highest BCUT2D eigenvalue weighted by atomic mass is 16.2. The van der Waals surface area contributed by atoms with Crippen LogP contribution in [0.3, 0.4) is 0 Å². The quantitative estimate of drug-likeness (QED) is 0.740. The standard InChI is InChI=1S/C13H20N4O2/c1-2-3-6-17(9-12(15)18)13(19)7-11-5-4-10(14)8-16-11/h4-5,8H,2-3,6-7,9,14H2,1H3,(H2,15,18). The lowest BCUT2D eigenvalue weighted by molar-refractivity contribution is -0.134. The van der Waals surface area contributed by atoms with E-state index in [1.807, 2.05) is 6.92 Å². The molecule has 0 aliphatic carbocycles. The third-order valence-electron chi connectivity index (χ3n) is 2.66. The fourth-order valence-corrected chi connectivity index (χ4v) is 1.64. The van der Waals surface area contributed by atoms with E-state index >= 15 is 0 Å². The molecule has 0 unspecified atom stereocenters. The van der Waals surface area contributed by atoms with Crippen molar-refractivity contribution in [3.05, 3.63) is 24.0 Å². The van der Waals surface area contributed by atoms with Crippen molar-refractivity contribution in [2.75, 3.05) is 18.8 Å². The largest absolute Gasteiger partial charge is 0.397 e. The van der Waals surface area contributed by atoms with Crippen LogP contribution in [0.25, 0.3) is 0 Å². The van der Waals surface area contributed by atoms with Crippen LogP contribution in [0.15, 0.2) is 18.3 Å². The van der Waals surface area contributed by atoms with E-state index in [9.17, 15) is 9.59 Å². The molecule has 0 atom stereocenters. The summed E-state index contributed by atoms with van der Waals surface area (Å²) in [5.41, 5.74) is 11.9. The SMILES string of the molecule is CCCCN(CC(N)=O)C(=O)Cc1ccc(N)cn1. The molecule has 0 saturated carbocycles. The number of hydrogen-bond acceptors (Lipinski definition) is 4. The number of unbranched alkanes of at least 4 members (excludes halogenated alkanes) is 1. The summed E-state index contributed by atoms with van der Waals surface area (Å²) in [5, 5.41) is 0. The highest BCUT2D eigenvalue weighted by molar-refractivity contribution is 5.84. The Hall–Kier alpha value is -2.11. The third kappa shape index (κ3) is 5.37. The second kappa shape index (κ2) is 7.35. The number of hydrogen-bond donors (Lipinski definition) is 2. The molecule has 1 aromatic heterocycles. The maximum absolute atomic E-state index is 12.1. The molecule has 0 radical (unpaired) electrons. The van der Waals surface area contributed by atoms with Crippen molar-refractivity contribution >= 4 is 17.5 Å². The molecule has 19 heavy (non-hydrogen) atoms. The number of amides is 2. The van der Waals surface area contributed by atoms with Crippen LogP contribution < -0.4 is 11.5 Å². The van der Waals surface area contributed by atoms with E-state index in [1.165, 1.54) is 11.1 Å². The Bertz CT molecular complexity index is 431. The zero-order chi connectivity index (χ0) is 14.3. The number of rotatable bonds is 7. The van der Waals surface area contributed by atoms with Gasteiger partial charge in [-0.3, -0.25) is 14.6 Å². The van der Waals surface area contributed by atoms with Crippen molar-refractivity contribution in [2.45, 2.75) is 26.2 Å². The Balaban J connectivity index is 2.64. The minimum absolute atomic E-state index is 0.0478. The summed E-state index contributed by atoms with van der Waals surface area (Å²) in [5.74, 6) is -0.653. The Kier molecular flexibility index (Phi) is 5.78. The van der Waals surface area contributed by atoms with Gasteiger partial charge in [-0.15, -0.1) is 0 Å². The van der Waals surface area contributed by atoms with Crippen LogP contribution in [0.5, 0.6) is 0 Å². The van der Waals surface area contributed by atoms with Gasteiger partial charge in [0.2, 0.25) is 11.8 Å². The van der Waals surface area contributed by atoms with Crippen molar-refractivity contribution in [3.8, 4) is 0 Å². The molecule has 0 fully saturated rings. The van der Waals surface area contributed by atoms with Gasteiger partial charge in [0.05, 0.1) is 24.8 Å². The zero-order valence-electron chi connectivity index (χ0n) is 11.1. The number of nitrogens with two attached hydrogens (primary N) is 2. The predicted molar refractivity (Wildman–Crippen MR) is 73.0 cm³/mol. The van der Waals surface area contributed by atoms with E-state index in [-0.39, 0.29) is 18.9 Å². The molecular weight excluding hydrogens is 244 g/mol. The number of primary amides is 1. The molecule has 4 N–H and O–H groups in total. The lowest BCUT2D eigenvalue weighted by Gasteiger charge is -2.20. The first kappa shape index (κ1) is 14.9. The molecule has 0 spiro atoms. The molecule has 1 rings (SSSR count). The van der Waals surface area contributed by atoms with Gasteiger partial charge in [0.1, 0.15) is 0 Å². The number of aromatic nitrogens is 1. The van der Waals surface area contributed by atoms with Crippen molar-refractivity contribution in [1.29, 1.82) is 0 Å². The number of nitrogens with zero attached hydrogens (tertiary/aromatic N) is 2. The predicted octanol–water partition coefficient (Wildman–Crippen LogP) is 0.320. The van der Waals surface area contributed by atoms with Gasteiger partial charge in [0.25, 0.3) is 0 Å². The number of anilines is 1. The average Bonchev–Trinajstić information content (AvgIpc) is 2.36. The topological polar surface area (TPSA) is 102 Å². The summed E-state index contributed by atoms with van der Waals surface area (Å²) in [7, 11) is 0. The Morgan fingerprint density at radius 1 is 1.37 bits per heavy atom. The first-order valence-corrected chi connectivity index (χ1v) is 6.29. The fraction of sp³-hybridized carbons (Fsp3) is 0.462. The van der Waals surface area contributed by atoms with Crippen molar-refractivity contribution < 1.29 is 9.59 Å². The highest BCUT2D eigenvalue weighted by Crippen LogP contribution is 2.05. The Morgan fingerprint density at radius 2 is 2.11 bits per heavy atom. The van der Waals surface area contributed by atoms with E-state index in [4.69, 9.17) is 11.5 Å². The first-order chi connectivity index (χ1) is 9.02. The van der Waals surface area contributed by atoms with Crippen LogP contribution in [0.2, 0.25) is 0 Å². The second-order valence-corrected chi connectivity index (χ2v) is 4.39. The van der Waals surface area contributed by atoms with Crippen LogP contribution in [0.4, 0.5) is 5.69 Å². The van der Waals surface area contributed by atoms with E-state index in [2.05, 4.69) is 4.98 Å². The average molecular weight is 264 g/mol. The molecule has 0 aliphatic rings. The summed E-state index contributed by atoms with van der Waals surface area (Å²) < 4.78 is 0. The van der Waals surface area contributed by atoms with Crippen LogP contribution in [0, 0.1) is 0 Å². The first-order valence-electron chi connectivity index (χ1n) is 6.29. The third-order valence-corrected chi connectivity index (χ3v) is 2.66. The van der Waals surface area contributed by atoms with E-state index in [0.717, 1.165) is 12.8 Å². The minimum Gasteiger partial charge on any atom is -0.397 e. The summed E-state index contributed by atoms with van der Waals surface area (Å²) in [4.78, 5) is 28.6. The van der Waals surface area contributed by atoms with Crippen molar-refractivity contribution in [3.63, 3.8) is 0 Å². The van der Waals surface area contributed by atoms with E-state index < -0.39 is 5.91 Å². The van der Waals surface area contributed by atoms with Crippen LogP contribution >= 0.6 is 0 Å². The van der Waals surface area contributed by atoms with Crippen molar-refractivity contribution in [2.24, 2.45) is 5.73 Å². The van der Waals surface area contributed by atoms with Gasteiger partial charge >= 0.3 is 0 Å². The highest BCUT2D eigenvalue weighted by Gasteiger charge is 2.16. The molecule has 2 amide bonds. The molecule has 6 nitrogen and oxygen atoms in total. The monoisotopic (exact) mass is 264 g/mol. The maximum Gasteiger partial charge on any atom is 0.237 e. The molecule has 104 valence electrons. The van der Waals surface area contributed by atoms with Gasteiger partial charge in [-0.25, -0.2) is 0 Å². The summed E-state index contributed by atoms with van der Waals surface area (Å²) >= 11 is 0. The molecule has 0 bridgehead atoms. The van der Waals surface area contributed by atoms with Gasteiger partial charge in [-0.1, -0.05) is 13.3 Å². The summed E-state index contributed by atoms with van der Waals surface area (Å²) in [6, 6.07) is 3.40. The van der Waals surface area contributed by atoms with E-state index in [1.54, 1.807) is 12.1 Å². The Labute approximate surface area is 112 Å². The van der Waals surface area contributed by atoms with Gasteiger partial charge in [-0.05, 0) is 18.6 Å². The van der Waals surface area contributed by atoms with Crippen LogP contribution in [-0.2, 0) is 16.0 Å². The molecular formula is C13H20N4O2. The smallest absolute Gasteiger partial charge is 0.237 e. The summed E-state index contributed by atoms with van der Waals surface area (Å²) in [6.45, 7) is 2.51. The summed E-state index contributed by atoms with van der Waals surface area (Å²) in [6.07, 6.45) is 3.45. The van der Waals surface area contributed by atoms with E-state index in [0.29, 0.717) is 17.9 Å². The lowest BCUT2D eigenvalue weighted by Crippen LogP contribution is -2.40. The number of pyridine rings is 1. The number of carbonyl (C=O) groups is 2. The number of carbonyl (C=O) groups excluding carboxylic acids is 2. The lowest BCUT2D eigenvalue weighted by atomic mass is 10.2. The molecule has 0 aromatic carbocycles. The van der Waals surface area contributed by atoms with Gasteiger partial charge in [0.15, 0.2) is 0 Å². The van der Waals surface area contributed by atoms with Gasteiger partial charge in [-0.2, -0.15) is 0 Å². The molecule has 0 aliphatic heterocycles.